The van der Waals surface area contributed by atoms with Crippen molar-refractivity contribution in [3.63, 3.8) is 0 Å². The van der Waals surface area contributed by atoms with Crippen LogP contribution in [-0.4, -0.2) is 25.0 Å². The standard InChI is InChI=1S/C23H20N2O4/c26-22(17-6-2-1-3-7-17)25-19-9-5-4-8-18(19)23(27)24-15-16-10-11-20-21(14-16)29-13-12-28-20/h1-11,14H,12-13,15H2,(H,24,27)(H,25,26). The van der Waals surface area contributed by atoms with Crippen molar-refractivity contribution < 1.29 is 19.1 Å². The van der Waals surface area contributed by atoms with E-state index < -0.39 is 0 Å². The molecule has 0 saturated carbocycles. The summed E-state index contributed by atoms with van der Waals surface area (Å²) in [4.78, 5) is 25.2. The van der Waals surface area contributed by atoms with Crippen LogP contribution in [0.15, 0.2) is 72.8 Å². The number of benzene rings is 3. The zero-order valence-electron chi connectivity index (χ0n) is 15.7. The molecule has 0 saturated heterocycles. The summed E-state index contributed by atoms with van der Waals surface area (Å²) >= 11 is 0. The van der Waals surface area contributed by atoms with Gasteiger partial charge in [0.2, 0.25) is 0 Å². The van der Waals surface area contributed by atoms with E-state index in [0.717, 1.165) is 5.56 Å². The predicted octanol–water partition coefficient (Wildman–Crippen LogP) is 3.64. The number of ether oxygens (including phenoxy) is 2. The molecule has 0 spiro atoms. The Kier molecular flexibility index (Phi) is 5.42. The van der Waals surface area contributed by atoms with Crippen molar-refractivity contribution in [3.05, 3.63) is 89.5 Å². The first-order valence-corrected chi connectivity index (χ1v) is 9.33. The molecule has 3 aromatic carbocycles. The monoisotopic (exact) mass is 388 g/mol. The number of para-hydroxylation sites is 1. The van der Waals surface area contributed by atoms with E-state index in [9.17, 15) is 9.59 Å². The molecule has 1 heterocycles. The summed E-state index contributed by atoms with van der Waals surface area (Å²) in [5.41, 5.74) is 2.28. The Balaban J connectivity index is 1.44. The minimum absolute atomic E-state index is 0.266. The number of carbonyl (C=O) groups is 2. The molecule has 0 unspecified atom stereocenters. The molecule has 0 aromatic heterocycles. The van der Waals surface area contributed by atoms with Gasteiger partial charge in [-0.25, -0.2) is 0 Å². The minimum Gasteiger partial charge on any atom is -0.486 e. The summed E-state index contributed by atoms with van der Waals surface area (Å²) < 4.78 is 11.1. The number of nitrogens with one attached hydrogen (secondary N) is 2. The lowest BCUT2D eigenvalue weighted by molar-refractivity contribution is 0.0951. The third-order valence-corrected chi connectivity index (χ3v) is 4.52. The van der Waals surface area contributed by atoms with E-state index in [-0.39, 0.29) is 11.8 Å². The molecule has 2 amide bonds. The Morgan fingerprint density at radius 3 is 2.34 bits per heavy atom. The van der Waals surface area contributed by atoms with E-state index in [1.807, 2.05) is 24.3 Å². The molecular weight excluding hydrogens is 368 g/mol. The van der Waals surface area contributed by atoms with Crippen LogP contribution in [0.1, 0.15) is 26.3 Å². The van der Waals surface area contributed by atoms with Gasteiger partial charge in [0.25, 0.3) is 11.8 Å². The highest BCUT2D eigenvalue weighted by molar-refractivity contribution is 6.08. The third kappa shape index (κ3) is 4.38. The molecule has 0 bridgehead atoms. The number of amides is 2. The van der Waals surface area contributed by atoms with Crippen LogP contribution in [0.25, 0.3) is 0 Å². The molecule has 0 fully saturated rings. The van der Waals surface area contributed by atoms with Gasteiger partial charge in [0, 0.05) is 12.1 Å². The highest BCUT2D eigenvalue weighted by Gasteiger charge is 2.15. The molecule has 6 heteroatoms. The lowest BCUT2D eigenvalue weighted by atomic mass is 10.1. The Morgan fingerprint density at radius 1 is 0.793 bits per heavy atom. The molecule has 2 N–H and O–H groups in total. The highest BCUT2D eigenvalue weighted by Crippen LogP contribution is 2.30. The zero-order valence-corrected chi connectivity index (χ0v) is 15.7. The van der Waals surface area contributed by atoms with Crippen molar-refractivity contribution in [2.45, 2.75) is 6.54 Å². The summed E-state index contributed by atoms with van der Waals surface area (Å²) in [5, 5.41) is 5.70. The second-order valence-electron chi connectivity index (χ2n) is 6.53. The number of hydrogen-bond acceptors (Lipinski definition) is 4. The highest BCUT2D eigenvalue weighted by atomic mass is 16.6. The second kappa shape index (κ2) is 8.48. The fourth-order valence-electron chi connectivity index (χ4n) is 3.05. The van der Waals surface area contributed by atoms with Crippen LogP contribution in [0.4, 0.5) is 5.69 Å². The lowest BCUT2D eigenvalue weighted by Gasteiger charge is -2.19. The zero-order chi connectivity index (χ0) is 20.1. The van der Waals surface area contributed by atoms with Crippen LogP contribution in [-0.2, 0) is 6.54 Å². The van der Waals surface area contributed by atoms with Gasteiger partial charge in [0.15, 0.2) is 11.5 Å². The van der Waals surface area contributed by atoms with Gasteiger partial charge in [-0.15, -0.1) is 0 Å². The van der Waals surface area contributed by atoms with E-state index in [0.29, 0.717) is 48.1 Å². The molecule has 4 rings (SSSR count). The number of carbonyl (C=O) groups excluding carboxylic acids is 2. The molecule has 0 aliphatic carbocycles. The van der Waals surface area contributed by atoms with Crippen molar-refractivity contribution in [3.8, 4) is 11.5 Å². The van der Waals surface area contributed by atoms with Crippen LogP contribution < -0.4 is 20.1 Å². The van der Waals surface area contributed by atoms with Gasteiger partial charge >= 0.3 is 0 Å². The average Bonchev–Trinajstić information content (AvgIpc) is 2.78. The first kappa shape index (κ1) is 18.6. The molecular formula is C23H20N2O4. The Morgan fingerprint density at radius 2 is 1.52 bits per heavy atom. The van der Waals surface area contributed by atoms with Gasteiger partial charge in [-0.2, -0.15) is 0 Å². The number of anilines is 1. The van der Waals surface area contributed by atoms with Crippen LogP contribution >= 0.6 is 0 Å². The van der Waals surface area contributed by atoms with E-state index in [1.54, 1.807) is 48.5 Å². The SMILES string of the molecule is O=C(Nc1ccccc1C(=O)NCc1ccc2c(c1)OCCO2)c1ccccc1. The van der Waals surface area contributed by atoms with Gasteiger partial charge in [-0.1, -0.05) is 36.4 Å². The number of fused-ring (bicyclic) bond motifs is 1. The molecule has 146 valence electrons. The van der Waals surface area contributed by atoms with E-state index in [1.165, 1.54) is 0 Å². The van der Waals surface area contributed by atoms with Crippen molar-refractivity contribution in [2.24, 2.45) is 0 Å². The maximum atomic E-state index is 12.7. The molecule has 0 radical (unpaired) electrons. The van der Waals surface area contributed by atoms with Crippen molar-refractivity contribution >= 4 is 17.5 Å². The van der Waals surface area contributed by atoms with Gasteiger partial charge in [0.05, 0.1) is 11.3 Å². The molecule has 1 aliphatic rings. The van der Waals surface area contributed by atoms with Crippen LogP contribution in [0.2, 0.25) is 0 Å². The van der Waals surface area contributed by atoms with Crippen LogP contribution in [0, 0.1) is 0 Å². The summed E-state index contributed by atoms with van der Waals surface area (Å²) in [5.74, 6) is 0.848. The topological polar surface area (TPSA) is 76.7 Å². The fourth-order valence-corrected chi connectivity index (χ4v) is 3.05. The minimum atomic E-state index is -0.274. The van der Waals surface area contributed by atoms with Crippen molar-refractivity contribution in [1.29, 1.82) is 0 Å². The van der Waals surface area contributed by atoms with Crippen LogP contribution in [0.3, 0.4) is 0 Å². The summed E-state index contributed by atoms with van der Waals surface area (Å²) in [6, 6.07) is 21.4. The van der Waals surface area contributed by atoms with Gasteiger partial charge < -0.3 is 20.1 Å². The largest absolute Gasteiger partial charge is 0.486 e. The second-order valence-corrected chi connectivity index (χ2v) is 6.53. The van der Waals surface area contributed by atoms with Crippen molar-refractivity contribution in [1.82, 2.24) is 5.32 Å². The van der Waals surface area contributed by atoms with E-state index in [2.05, 4.69) is 10.6 Å². The lowest BCUT2D eigenvalue weighted by Crippen LogP contribution is -2.25. The quantitative estimate of drug-likeness (QED) is 0.700. The first-order valence-electron chi connectivity index (χ1n) is 9.33. The predicted molar refractivity (Wildman–Crippen MR) is 109 cm³/mol. The summed E-state index contributed by atoms with van der Waals surface area (Å²) in [7, 11) is 0. The summed E-state index contributed by atoms with van der Waals surface area (Å²) in [6.07, 6.45) is 0. The maximum absolute atomic E-state index is 12.7. The molecule has 0 atom stereocenters. The molecule has 29 heavy (non-hydrogen) atoms. The number of hydrogen-bond donors (Lipinski definition) is 2. The van der Waals surface area contributed by atoms with Crippen LogP contribution in [0.5, 0.6) is 11.5 Å². The fraction of sp³-hybridized carbons (Fsp3) is 0.130. The Bertz CT molecular complexity index is 1030. The molecule has 3 aromatic rings. The number of rotatable bonds is 5. The smallest absolute Gasteiger partial charge is 0.255 e. The van der Waals surface area contributed by atoms with Gasteiger partial charge in [-0.3, -0.25) is 9.59 Å². The molecule has 6 nitrogen and oxygen atoms in total. The maximum Gasteiger partial charge on any atom is 0.255 e. The van der Waals surface area contributed by atoms with E-state index in [4.69, 9.17) is 9.47 Å². The van der Waals surface area contributed by atoms with Crippen molar-refractivity contribution in [2.75, 3.05) is 18.5 Å². The normalized spacial score (nSPS) is 12.1. The summed E-state index contributed by atoms with van der Waals surface area (Å²) in [6.45, 7) is 1.38. The van der Waals surface area contributed by atoms with E-state index >= 15 is 0 Å². The first-order chi connectivity index (χ1) is 14.2. The third-order valence-electron chi connectivity index (χ3n) is 4.52. The van der Waals surface area contributed by atoms with Gasteiger partial charge in [-0.05, 0) is 42.0 Å². The Hall–Kier alpha value is -3.80. The van der Waals surface area contributed by atoms with Gasteiger partial charge in [0.1, 0.15) is 13.2 Å². The molecule has 1 aliphatic heterocycles. The average molecular weight is 388 g/mol. The Labute approximate surface area is 168 Å².